The van der Waals surface area contributed by atoms with Crippen LogP contribution in [0.1, 0.15) is 166 Å². The minimum Gasteiger partial charge on any atom is -0.370 e. The van der Waals surface area contributed by atoms with Crippen molar-refractivity contribution in [2.75, 3.05) is 26.2 Å². The number of carbonyl (C=O) groups excluding carboxylic acids is 12. The molecule has 36 nitrogen and oxygen atoms in total. The maximum atomic E-state index is 14.9. The molecule has 1 aromatic carbocycles. The molecule has 2 aromatic rings. The van der Waals surface area contributed by atoms with Crippen LogP contribution in [0.5, 0.6) is 0 Å². The van der Waals surface area contributed by atoms with Crippen molar-refractivity contribution < 1.29 is 57.5 Å². The Morgan fingerprint density at radius 2 is 0.764 bits per heavy atom. The minimum absolute atomic E-state index is 0.0145. The van der Waals surface area contributed by atoms with Gasteiger partial charge in [0.05, 0.1) is 6.04 Å². The van der Waals surface area contributed by atoms with Crippen LogP contribution in [-0.2, 0) is 64.0 Å². The summed E-state index contributed by atoms with van der Waals surface area (Å²) in [5, 5.41) is 30.7. The molecule has 596 valence electrons. The van der Waals surface area contributed by atoms with E-state index < -0.39 is 167 Å². The molecule has 1 heterocycles. The van der Waals surface area contributed by atoms with E-state index in [4.69, 9.17) is 51.6 Å². The van der Waals surface area contributed by atoms with Gasteiger partial charge in [-0.2, -0.15) is 0 Å². The van der Waals surface area contributed by atoms with E-state index in [1.165, 1.54) is 6.92 Å². The number of nitrogens with two attached hydrogens (primary N) is 9. The van der Waals surface area contributed by atoms with Crippen molar-refractivity contribution in [1.29, 1.82) is 0 Å². The molecule has 0 bridgehead atoms. The molecule has 36 heteroatoms. The normalized spacial score (nSPS) is 15.3. The van der Waals surface area contributed by atoms with Crippen molar-refractivity contribution in [2.45, 2.75) is 240 Å². The van der Waals surface area contributed by atoms with Gasteiger partial charge >= 0.3 is 0 Å². The van der Waals surface area contributed by atoms with Crippen LogP contribution in [0.3, 0.4) is 0 Å². The largest absolute Gasteiger partial charge is 0.370 e. The number of benzene rings is 1. The quantitative estimate of drug-likeness (QED) is 0.0177. The molecule has 30 N–H and O–H groups in total. The highest BCUT2D eigenvalue weighted by molar-refractivity contribution is 6.00. The highest BCUT2D eigenvalue weighted by atomic mass is 16.2. The molecular formula is C70H124N24O12. The van der Waals surface area contributed by atoms with Gasteiger partial charge in [0.15, 0.2) is 17.9 Å². The fourth-order valence-electron chi connectivity index (χ4n) is 11.1. The highest BCUT2D eigenvalue weighted by Gasteiger charge is 2.39. The van der Waals surface area contributed by atoms with Gasteiger partial charge in [0, 0.05) is 43.2 Å². The Kier molecular flexibility index (Phi) is 40.8. The van der Waals surface area contributed by atoms with Crippen molar-refractivity contribution >= 4 is 99.7 Å². The number of carbonyl (C=O) groups is 12. The molecule has 12 amide bonds. The first-order chi connectivity index (χ1) is 49.8. The summed E-state index contributed by atoms with van der Waals surface area (Å²) in [5.41, 5.74) is 52.1. The van der Waals surface area contributed by atoms with Crippen molar-refractivity contribution in [3.8, 4) is 0 Å². The number of nitrogens with one attached hydrogen (secondary N) is 12. The standard InChI is InChI=1S/C70H124N24O12/c1-14-39(11)54(66(105)90-50(33-42-34-83-44-23-17-16-22-43(42)44)61(100)86-46(25-19-29-80-68(74)75)58(97)85-45(56(73)95)24-18-28-71)93-60(99)48(27-21-31-82-70(78)79)88-65(104)53(38(9)10)91-57(96)41(13)84-64(103)52(37(7)8)92-67(106)55(40(12)15-2)94-62(101)49(32-35(3)4)89-59(98)47(26-20-30-81-69(76)77)87-63(102)51(72)36(5)6/h16-17,22-23,34-41,45-55,83H,14-15,18-21,24-33,71-72H2,1-13H3,(H2,73,95)(H,84,103)(H,85,97)(H,86,100)(H,87,102)(H,88,104)(H,89,98)(H,90,105)(H,91,96)(H,92,106)(H,93,99)(H,94,101)(H4,74,75,80)(H4,76,77,81)(H4,78,79,82)/t39-,40-,41-,45-,46-,47-,48-,49-,50-,51-,52-,53-,54-,55-/m0/s1. The zero-order valence-corrected chi connectivity index (χ0v) is 64.0. The maximum absolute atomic E-state index is 14.9. The van der Waals surface area contributed by atoms with Crippen LogP contribution in [0.25, 0.3) is 10.9 Å². The number of amides is 12. The summed E-state index contributed by atoms with van der Waals surface area (Å²) in [5.74, 6) is -12.6. The SMILES string of the molecule is CC[C@H](C)[C@H](NC(=O)[C@H](CCCN=C(N)N)NC(=O)[C@@H](NC(=O)[C@H](C)NC(=O)[C@@H](NC(=O)[C@@H](NC(=O)[C@H](CC(C)C)NC(=O)[C@H](CCCN=C(N)N)NC(=O)[C@@H](N)C(C)C)[C@@H](C)CC)C(C)C)C(C)C)C(=O)N[C@@H](Cc1c[nH]c2ccccc12)C(=O)N[C@@H](CCCN=C(N)N)C(=O)N[C@@H](CCCN)C(N)=O. The Hall–Kier alpha value is -9.87. The van der Waals surface area contributed by atoms with Gasteiger partial charge in [-0.15, -0.1) is 0 Å². The molecule has 106 heavy (non-hydrogen) atoms. The molecular weight excluding hydrogens is 1370 g/mol. The Labute approximate surface area is 622 Å². The molecule has 0 aliphatic carbocycles. The van der Waals surface area contributed by atoms with E-state index in [0.717, 1.165) is 10.9 Å². The van der Waals surface area contributed by atoms with Crippen LogP contribution in [0.15, 0.2) is 45.4 Å². The summed E-state index contributed by atoms with van der Waals surface area (Å²) in [6.45, 7) is 22.5. The first-order valence-electron chi connectivity index (χ1n) is 36.6. The molecule has 1 aromatic heterocycles. The summed E-state index contributed by atoms with van der Waals surface area (Å²) in [6, 6.07) is -7.91. The third-order valence-electron chi connectivity index (χ3n) is 18.0. The van der Waals surface area contributed by atoms with E-state index in [9.17, 15) is 57.5 Å². The molecule has 0 radical (unpaired) electrons. The highest BCUT2D eigenvalue weighted by Crippen LogP contribution is 2.21. The number of nitrogens with zero attached hydrogens (tertiary/aromatic N) is 3. The van der Waals surface area contributed by atoms with Crippen LogP contribution in [-0.4, -0.2) is 192 Å². The number of aliphatic imine (C=N–C) groups is 3. The first-order valence-corrected chi connectivity index (χ1v) is 36.6. The number of hydrogen-bond donors (Lipinski definition) is 21. The van der Waals surface area contributed by atoms with E-state index in [-0.39, 0.29) is 114 Å². The second-order valence-corrected chi connectivity index (χ2v) is 28.4. The molecule has 0 spiro atoms. The first kappa shape index (κ1) is 92.2. The van der Waals surface area contributed by atoms with Gasteiger partial charge in [-0.05, 0) is 118 Å². The molecule has 14 atom stereocenters. The smallest absolute Gasteiger partial charge is 0.243 e. The van der Waals surface area contributed by atoms with E-state index in [1.807, 2.05) is 32.0 Å². The van der Waals surface area contributed by atoms with Crippen molar-refractivity contribution in [3.63, 3.8) is 0 Å². The van der Waals surface area contributed by atoms with Gasteiger partial charge in [-0.3, -0.25) is 72.5 Å². The predicted octanol–water partition coefficient (Wildman–Crippen LogP) is -3.12. The zero-order valence-electron chi connectivity index (χ0n) is 64.0. The second-order valence-electron chi connectivity index (χ2n) is 28.4. The van der Waals surface area contributed by atoms with Crippen molar-refractivity contribution in [1.82, 2.24) is 63.5 Å². The fourth-order valence-corrected chi connectivity index (χ4v) is 11.1. The summed E-state index contributed by atoms with van der Waals surface area (Å²) in [4.78, 5) is 185. The van der Waals surface area contributed by atoms with Crippen LogP contribution in [0, 0.1) is 35.5 Å². The van der Waals surface area contributed by atoms with Gasteiger partial charge in [0.1, 0.15) is 66.5 Å². The Balaban J connectivity index is 2.50. The topological polar surface area (TPSA) is 624 Å². The predicted molar refractivity (Wildman–Crippen MR) is 407 cm³/mol. The Bertz CT molecular complexity index is 3310. The van der Waals surface area contributed by atoms with Crippen LogP contribution >= 0.6 is 0 Å². The third-order valence-corrected chi connectivity index (χ3v) is 18.0. The van der Waals surface area contributed by atoms with E-state index >= 15 is 0 Å². The van der Waals surface area contributed by atoms with E-state index in [1.54, 1.807) is 81.5 Å². The number of para-hydroxylation sites is 1. The molecule has 0 saturated carbocycles. The zero-order chi connectivity index (χ0) is 80.2. The lowest BCUT2D eigenvalue weighted by Crippen LogP contribution is -2.62. The summed E-state index contributed by atoms with van der Waals surface area (Å²) < 4.78 is 0. The number of aromatic amines is 1. The van der Waals surface area contributed by atoms with Gasteiger partial charge in [0.2, 0.25) is 70.9 Å². The van der Waals surface area contributed by atoms with Gasteiger partial charge in [-0.25, -0.2) is 0 Å². The number of guanidine groups is 3. The minimum atomic E-state index is -1.42. The third kappa shape index (κ3) is 32.2. The molecule has 0 saturated heterocycles. The van der Waals surface area contributed by atoms with Gasteiger partial charge < -0.3 is 115 Å². The number of aromatic nitrogens is 1. The lowest BCUT2D eigenvalue weighted by atomic mass is 9.95. The fraction of sp³-hybridized carbons (Fsp3) is 0.671. The molecule has 0 fully saturated rings. The maximum Gasteiger partial charge on any atom is 0.243 e. The summed E-state index contributed by atoms with van der Waals surface area (Å²) in [6.07, 6.45) is 3.35. The average molecular weight is 1490 g/mol. The summed E-state index contributed by atoms with van der Waals surface area (Å²) in [7, 11) is 0. The van der Waals surface area contributed by atoms with Gasteiger partial charge in [0.25, 0.3) is 0 Å². The molecule has 2 rings (SSSR count). The van der Waals surface area contributed by atoms with Gasteiger partial charge in [-0.1, -0.05) is 114 Å². The lowest BCUT2D eigenvalue weighted by Gasteiger charge is -2.31. The van der Waals surface area contributed by atoms with E-state index in [2.05, 4.69) is 78.4 Å². The number of primary amides is 1. The second kappa shape index (κ2) is 46.9. The van der Waals surface area contributed by atoms with E-state index in [0.29, 0.717) is 24.8 Å². The van der Waals surface area contributed by atoms with Crippen LogP contribution in [0.2, 0.25) is 0 Å². The lowest BCUT2D eigenvalue weighted by molar-refractivity contribution is -0.137. The number of H-pyrrole nitrogens is 1. The van der Waals surface area contributed by atoms with Crippen LogP contribution < -0.4 is 110 Å². The molecule has 0 aliphatic rings. The average Bonchev–Trinajstić information content (AvgIpc) is 1.58. The Morgan fingerprint density at radius 3 is 1.20 bits per heavy atom. The molecule has 0 aliphatic heterocycles. The Morgan fingerprint density at radius 1 is 0.406 bits per heavy atom. The molecule has 0 unspecified atom stereocenters. The number of fused-ring (bicyclic) bond motifs is 1. The number of hydrogen-bond acceptors (Lipinski definition) is 17. The van der Waals surface area contributed by atoms with Crippen molar-refractivity contribution in [3.05, 3.63) is 36.0 Å². The summed E-state index contributed by atoms with van der Waals surface area (Å²) >= 11 is 0. The van der Waals surface area contributed by atoms with Crippen LogP contribution in [0.4, 0.5) is 0 Å². The van der Waals surface area contributed by atoms with Crippen molar-refractivity contribution in [2.24, 2.45) is 102 Å². The monoisotopic (exact) mass is 1490 g/mol. The number of rotatable bonds is 49.